The van der Waals surface area contributed by atoms with Gasteiger partial charge in [0.2, 0.25) is 0 Å². The van der Waals surface area contributed by atoms with Crippen LogP contribution < -0.4 is 10.2 Å². The Kier molecular flexibility index (Phi) is 5.28. The average Bonchev–Trinajstić information content (AvgIpc) is 3.15. The second-order valence-corrected chi connectivity index (χ2v) is 6.89. The van der Waals surface area contributed by atoms with Crippen molar-refractivity contribution in [1.82, 2.24) is 15.2 Å². The van der Waals surface area contributed by atoms with Crippen LogP contribution in [0.15, 0.2) is 65.8 Å². The highest BCUT2D eigenvalue weighted by molar-refractivity contribution is 5.83. The van der Waals surface area contributed by atoms with Crippen LogP contribution in [0, 0.1) is 0 Å². The van der Waals surface area contributed by atoms with E-state index in [1.165, 1.54) is 22.2 Å². The number of aliphatic imine (C=N–C) groups is 1. The monoisotopic (exact) mass is 361 g/mol. The molecule has 2 N–H and O–H groups in total. The number of rotatable bonds is 4. The van der Waals surface area contributed by atoms with E-state index in [4.69, 9.17) is 0 Å². The van der Waals surface area contributed by atoms with Crippen molar-refractivity contribution in [2.45, 2.75) is 6.42 Å². The first-order valence-electron chi connectivity index (χ1n) is 9.66. The maximum Gasteiger partial charge on any atom is 0.193 e. The molecule has 1 aliphatic rings. The molecule has 5 nitrogen and oxygen atoms in total. The summed E-state index contributed by atoms with van der Waals surface area (Å²) in [7, 11) is 1.87. The quantitative estimate of drug-likeness (QED) is 0.554. The SMILES string of the molecule is CN=C(NCCc1c[nH]c2ccccc12)N1CCN(c2ccccc2)CC1. The van der Waals surface area contributed by atoms with E-state index >= 15 is 0 Å². The average molecular weight is 361 g/mol. The van der Waals surface area contributed by atoms with Crippen LogP contribution in [0.1, 0.15) is 5.56 Å². The molecule has 27 heavy (non-hydrogen) atoms. The number of aromatic nitrogens is 1. The summed E-state index contributed by atoms with van der Waals surface area (Å²) in [5.74, 6) is 1.00. The fourth-order valence-corrected chi connectivity index (χ4v) is 3.79. The first kappa shape index (κ1) is 17.5. The third-order valence-electron chi connectivity index (χ3n) is 5.26. The summed E-state index contributed by atoms with van der Waals surface area (Å²) in [6, 6.07) is 19.1. The predicted molar refractivity (Wildman–Crippen MR) is 114 cm³/mol. The van der Waals surface area contributed by atoms with E-state index in [0.717, 1.165) is 45.1 Å². The number of nitrogens with zero attached hydrogens (tertiary/aromatic N) is 3. The summed E-state index contributed by atoms with van der Waals surface area (Å²) in [5, 5.41) is 4.85. The summed E-state index contributed by atoms with van der Waals surface area (Å²) < 4.78 is 0. The number of fused-ring (bicyclic) bond motifs is 1. The molecule has 1 fully saturated rings. The van der Waals surface area contributed by atoms with Gasteiger partial charge in [-0.25, -0.2) is 0 Å². The molecule has 0 radical (unpaired) electrons. The number of benzene rings is 2. The van der Waals surface area contributed by atoms with Crippen LogP contribution in [-0.2, 0) is 6.42 Å². The third-order valence-corrected chi connectivity index (χ3v) is 5.26. The zero-order valence-electron chi connectivity index (χ0n) is 15.9. The number of anilines is 1. The molecule has 1 aliphatic heterocycles. The molecule has 1 saturated heterocycles. The van der Waals surface area contributed by atoms with Crippen LogP contribution in [0.2, 0.25) is 0 Å². The van der Waals surface area contributed by atoms with Gasteiger partial charge in [0.05, 0.1) is 0 Å². The Bertz CT molecular complexity index is 891. The fraction of sp³-hybridized carbons (Fsp3) is 0.318. The zero-order chi connectivity index (χ0) is 18.5. The largest absolute Gasteiger partial charge is 0.368 e. The summed E-state index contributed by atoms with van der Waals surface area (Å²) in [4.78, 5) is 12.6. The minimum Gasteiger partial charge on any atom is -0.368 e. The first-order valence-corrected chi connectivity index (χ1v) is 9.66. The van der Waals surface area contributed by atoms with Crippen LogP contribution in [0.25, 0.3) is 10.9 Å². The molecule has 0 amide bonds. The van der Waals surface area contributed by atoms with Gasteiger partial charge in [0.25, 0.3) is 0 Å². The van der Waals surface area contributed by atoms with Crippen molar-refractivity contribution in [2.24, 2.45) is 4.99 Å². The molecule has 0 aliphatic carbocycles. The standard InChI is InChI=1S/C22H27N5/c1-23-22(24-12-11-18-17-25-21-10-6-5-9-20(18)21)27-15-13-26(14-16-27)19-7-3-2-4-8-19/h2-10,17,25H,11-16H2,1H3,(H,23,24). The lowest BCUT2D eigenvalue weighted by molar-refractivity contribution is 0.373. The summed E-state index contributed by atoms with van der Waals surface area (Å²) in [6.07, 6.45) is 3.10. The number of piperazine rings is 1. The van der Waals surface area contributed by atoms with Crippen molar-refractivity contribution in [2.75, 3.05) is 44.7 Å². The minimum absolute atomic E-state index is 0.882. The highest BCUT2D eigenvalue weighted by Gasteiger charge is 2.19. The van der Waals surface area contributed by atoms with Crippen molar-refractivity contribution < 1.29 is 0 Å². The molecular weight excluding hydrogens is 334 g/mol. The lowest BCUT2D eigenvalue weighted by Crippen LogP contribution is -2.52. The molecule has 5 heteroatoms. The topological polar surface area (TPSA) is 46.7 Å². The molecule has 0 spiro atoms. The van der Waals surface area contributed by atoms with Crippen molar-refractivity contribution in [1.29, 1.82) is 0 Å². The third kappa shape index (κ3) is 3.92. The Balaban J connectivity index is 1.30. The number of aromatic amines is 1. The second-order valence-electron chi connectivity index (χ2n) is 6.89. The van der Waals surface area contributed by atoms with Crippen LogP contribution in [0.3, 0.4) is 0 Å². The maximum atomic E-state index is 4.50. The van der Waals surface area contributed by atoms with Gasteiger partial charge in [0.1, 0.15) is 0 Å². The molecule has 2 heterocycles. The van der Waals surface area contributed by atoms with Crippen LogP contribution in [0.5, 0.6) is 0 Å². The summed E-state index contributed by atoms with van der Waals surface area (Å²) in [6.45, 7) is 4.90. The van der Waals surface area contributed by atoms with E-state index in [0.29, 0.717) is 0 Å². The van der Waals surface area contributed by atoms with E-state index in [1.54, 1.807) is 0 Å². The number of H-pyrrole nitrogens is 1. The Labute approximate surface area is 160 Å². The number of para-hydroxylation sites is 2. The fourth-order valence-electron chi connectivity index (χ4n) is 3.79. The molecular formula is C22H27N5. The van der Waals surface area contributed by atoms with Crippen LogP contribution in [-0.4, -0.2) is 55.6 Å². The number of nitrogens with one attached hydrogen (secondary N) is 2. The van der Waals surface area contributed by atoms with Gasteiger partial charge in [-0.1, -0.05) is 36.4 Å². The molecule has 3 aromatic rings. The number of guanidine groups is 1. The van der Waals surface area contributed by atoms with Crippen molar-refractivity contribution in [3.8, 4) is 0 Å². The lowest BCUT2D eigenvalue weighted by Gasteiger charge is -2.37. The molecule has 0 unspecified atom stereocenters. The minimum atomic E-state index is 0.882. The predicted octanol–water partition coefficient (Wildman–Crippen LogP) is 3.11. The Morgan fingerprint density at radius 2 is 1.74 bits per heavy atom. The Morgan fingerprint density at radius 1 is 1.00 bits per heavy atom. The molecule has 0 bridgehead atoms. The van der Waals surface area contributed by atoms with E-state index in [9.17, 15) is 0 Å². The molecule has 1 aromatic heterocycles. The normalized spacial score (nSPS) is 15.4. The van der Waals surface area contributed by atoms with Gasteiger partial charge in [-0.15, -0.1) is 0 Å². The van der Waals surface area contributed by atoms with E-state index in [1.807, 2.05) is 7.05 Å². The van der Waals surface area contributed by atoms with Gasteiger partial charge in [-0.05, 0) is 30.2 Å². The van der Waals surface area contributed by atoms with Gasteiger partial charge in [0.15, 0.2) is 5.96 Å². The van der Waals surface area contributed by atoms with Gasteiger partial charge in [-0.2, -0.15) is 0 Å². The summed E-state index contributed by atoms with van der Waals surface area (Å²) >= 11 is 0. The molecule has 0 atom stereocenters. The lowest BCUT2D eigenvalue weighted by atomic mass is 10.1. The van der Waals surface area contributed by atoms with Crippen LogP contribution in [0.4, 0.5) is 5.69 Å². The van der Waals surface area contributed by atoms with Gasteiger partial charge < -0.3 is 20.1 Å². The van der Waals surface area contributed by atoms with Gasteiger partial charge in [-0.3, -0.25) is 4.99 Å². The first-order chi connectivity index (χ1) is 13.3. The highest BCUT2D eigenvalue weighted by atomic mass is 15.3. The van der Waals surface area contributed by atoms with E-state index in [-0.39, 0.29) is 0 Å². The Hall–Kier alpha value is -2.95. The van der Waals surface area contributed by atoms with Gasteiger partial charge >= 0.3 is 0 Å². The summed E-state index contributed by atoms with van der Waals surface area (Å²) in [5.41, 5.74) is 3.86. The Morgan fingerprint density at radius 3 is 2.52 bits per heavy atom. The van der Waals surface area contributed by atoms with E-state index < -0.39 is 0 Å². The van der Waals surface area contributed by atoms with Crippen molar-refractivity contribution >= 4 is 22.5 Å². The van der Waals surface area contributed by atoms with Gasteiger partial charge in [0, 0.05) is 62.6 Å². The van der Waals surface area contributed by atoms with E-state index in [2.05, 4.69) is 85.9 Å². The maximum absolute atomic E-state index is 4.50. The zero-order valence-corrected chi connectivity index (χ0v) is 15.9. The molecule has 4 rings (SSSR count). The number of hydrogen-bond acceptors (Lipinski definition) is 2. The van der Waals surface area contributed by atoms with Crippen LogP contribution >= 0.6 is 0 Å². The number of hydrogen-bond donors (Lipinski definition) is 2. The second kappa shape index (κ2) is 8.16. The molecule has 140 valence electrons. The molecule has 2 aromatic carbocycles. The van der Waals surface area contributed by atoms with Crippen molar-refractivity contribution in [3.05, 3.63) is 66.4 Å². The smallest absolute Gasteiger partial charge is 0.193 e. The molecule has 0 saturated carbocycles. The highest BCUT2D eigenvalue weighted by Crippen LogP contribution is 2.18. The van der Waals surface area contributed by atoms with Crippen molar-refractivity contribution in [3.63, 3.8) is 0 Å².